The summed E-state index contributed by atoms with van der Waals surface area (Å²) in [5, 5.41) is 10.0. The van der Waals surface area contributed by atoms with Crippen LogP contribution in [0.4, 0.5) is 16.2 Å². The molecule has 0 spiro atoms. The Labute approximate surface area is 265 Å². The molecule has 9 heteroatoms. The molecule has 1 aliphatic heterocycles. The van der Waals surface area contributed by atoms with Crippen molar-refractivity contribution in [1.29, 1.82) is 0 Å². The van der Waals surface area contributed by atoms with Crippen molar-refractivity contribution >= 4 is 40.9 Å². The number of carbonyl (C=O) groups is 3. The maximum atomic E-state index is 12.7. The Bertz CT molecular complexity index is 1450. The van der Waals surface area contributed by atoms with E-state index in [1.165, 1.54) is 0 Å². The first-order chi connectivity index (χ1) is 20.9. The number of nitrogens with one attached hydrogen (secondary N) is 3. The van der Waals surface area contributed by atoms with Gasteiger partial charge in [0.05, 0.1) is 6.04 Å². The molecule has 0 saturated carbocycles. The minimum Gasteiger partial charge on any atom is -0.444 e. The summed E-state index contributed by atoms with van der Waals surface area (Å²) in [5.41, 5.74) is 5.00. The fourth-order valence-corrected chi connectivity index (χ4v) is 5.58. The number of halogens is 1. The standard InChI is InChI=1S/C35H43ClN4O4/c1-23-21-31(39-29-16-14-28(36)15-17-29)30-22-27(13-18-32(30)40(23)24(2)41)25-9-11-26(12-10-25)33(42)37-19-7-6-8-20-38-34(43)44-35(3,4)5/h9-18,22-23,31,39H,6-8,19-21H2,1-5H3,(H,37,42)(H,38,43)/t23-,31+/m0/s1. The van der Waals surface area contributed by atoms with Crippen LogP contribution in [0.15, 0.2) is 66.7 Å². The zero-order valence-corrected chi connectivity index (χ0v) is 27.0. The molecule has 1 aliphatic rings. The number of amides is 3. The van der Waals surface area contributed by atoms with Gasteiger partial charge in [0.25, 0.3) is 5.91 Å². The molecule has 44 heavy (non-hydrogen) atoms. The largest absolute Gasteiger partial charge is 0.444 e. The van der Waals surface area contributed by atoms with Gasteiger partial charge >= 0.3 is 6.09 Å². The molecule has 3 aromatic rings. The lowest BCUT2D eigenvalue weighted by Crippen LogP contribution is -2.43. The molecular weight excluding hydrogens is 576 g/mol. The molecule has 0 fully saturated rings. The van der Waals surface area contributed by atoms with Crippen LogP contribution in [0.5, 0.6) is 0 Å². The van der Waals surface area contributed by atoms with Crippen LogP contribution in [0, 0.1) is 0 Å². The van der Waals surface area contributed by atoms with Gasteiger partial charge in [-0.25, -0.2) is 4.79 Å². The van der Waals surface area contributed by atoms with Crippen molar-refractivity contribution in [3.8, 4) is 11.1 Å². The molecule has 4 rings (SSSR count). The highest BCUT2D eigenvalue weighted by Crippen LogP contribution is 2.41. The molecule has 0 saturated heterocycles. The molecule has 0 aliphatic carbocycles. The van der Waals surface area contributed by atoms with Gasteiger partial charge in [-0.15, -0.1) is 0 Å². The number of unbranched alkanes of at least 4 members (excludes halogenated alkanes) is 2. The van der Waals surface area contributed by atoms with Crippen molar-refractivity contribution < 1.29 is 19.1 Å². The summed E-state index contributed by atoms with van der Waals surface area (Å²) in [7, 11) is 0. The molecule has 0 radical (unpaired) electrons. The number of hydrogen-bond acceptors (Lipinski definition) is 5. The zero-order chi connectivity index (χ0) is 31.9. The Morgan fingerprint density at radius 2 is 1.52 bits per heavy atom. The lowest BCUT2D eigenvalue weighted by molar-refractivity contribution is -0.117. The van der Waals surface area contributed by atoms with E-state index in [1.54, 1.807) is 6.92 Å². The molecular formula is C35H43ClN4O4. The maximum absolute atomic E-state index is 12.7. The van der Waals surface area contributed by atoms with Crippen LogP contribution in [0.25, 0.3) is 11.1 Å². The number of fused-ring (bicyclic) bond motifs is 1. The van der Waals surface area contributed by atoms with Gasteiger partial charge in [-0.1, -0.05) is 29.8 Å². The summed E-state index contributed by atoms with van der Waals surface area (Å²) >= 11 is 6.09. The predicted octanol–water partition coefficient (Wildman–Crippen LogP) is 7.73. The number of benzene rings is 3. The summed E-state index contributed by atoms with van der Waals surface area (Å²) < 4.78 is 5.23. The summed E-state index contributed by atoms with van der Waals surface area (Å²) in [6.45, 7) is 10.3. The highest BCUT2D eigenvalue weighted by molar-refractivity contribution is 6.30. The second kappa shape index (κ2) is 14.6. The Morgan fingerprint density at radius 3 is 2.16 bits per heavy atom. The maximum Gasteiger partial charge on any atom is 0.407 e. The minimum atomic E-state index is -0.511. The molecule has 3 aromatic carbocycles. The third-order valence-corrected chi connectivity index (χ3v) is 7.74. The van der Waals surface area contributed by atoms with E-state index in [0.29, 0.717) is 23.7 Å². The topological polar surface area (TPSA) is 99.8 Å². The van der Waals surface area contributed by atoms with Gasteiger partial charge in [0, 0.05) is 48.0 Å². The van der Waals surface area contributed by atoms with E-state index in [9.17, 15) is 14.4 Å². The van der Waals surface area contributed by atoms with Crippen molar-refractivity contribution in [3.05, 3.63) is 82.9 Å². The van der Waals surface area contributed by atoms with Gasteiger partial charge in [0.15, 0.2) is 0 Å². The lowest BCUT2D eigenvalue weighted by Gasteiger charge is -2.39. The number of rotatable bonds is 10. The molecule has 8 nitrogen and oxygen atoms in total. The quantitative estimate of drug-likeness (QED) is 0.202. The highest BCUT2D eigenvalue weighted by Gasteiger charge is 2.32. The number of anilines is 2. The Morgan fingerprint density at radius 1 is 0.886 bits per heavy atom. The lowest BCUT2D eigenvalue weighted by atomic mass is 9.88. The molecule has 2 atom stereocenters. The molecule has 234 valence electrons. The number of alkyl carbamates (subject to hydrolysis) is 1. The summed E-state index contributed by atoms with van der Waals surface area (Å²) in [5.74, 6) is -0.100. The van der Waals surface area contributed by atoms with Crippen LogP contribution < -0.4 is 20.9 Å². The highest BCUT2D eigenvalue weighted by atomic mass is 35.5. The average Bonchev–Trinajstić information content (AvgIpc) is 2.96. The van der Waals surface area contributed by atoms with E-state index >= 15 is 0 Å². The summed E-state index contributed by atoms with van der Waals surface area (Å²) in [4.78, 5) is 38.9. The van der Waals surface area contributed by atoms with E-state index < -0.39 is 11.7 Å². The normalized spacial score (nSPS) is 16.1. The molecule has 0 bridgehead atoms. The van der Waals surface area contributed by atoms with Crippen LogP contribution >= 0.6 is 11.6 Å². The molecule has 0 aromatic heterocycles. The van der Waals surface area contributed by atoms with Gasteiger partial charge in [-0.2, -0.15) is 0 Å². The van der Waals surface area contributed by atoms with Gasteiger partial charge in [-0.05, 0) is 119 Å². The summed E-state index contributed by atoms with van der Waals surface area (Å²) in [6, 6.07) is 21.5. The Balaban J connectivity index is 1.36. The van der Waals surface area contributed by atoms with Crippen molar-refractivity contribution in [1.82, 2.24) is 10.6 Å². The SMILES string of the molecule is CC(=O)N1c2ccc(-c3ccc(C(=O)NCCCCCNC(=O)OC(C)(C)C)cc3)cc2[C@H](Nc2ccc(Cl)cc2)C[C@@H]1C. The van der Waals surface area contributed by atoms with Gasteiger partial charge < -0.3 is 25.6 Å². The number of nitrogens with zero attached hydrogens (tertiary/aromatic N) is 1. The van der Waals surface area contributed by atoms with Gasteiger partial charge in [-0.3, -0.25) is 9.59 Å². The Hall–Kier alpha value is -4.04. The first kappa shape index (κ1) is 32.9. The fourth-order valence-electron chi connectivity index (χ4n) is 5.46. The second-order valence-corrected chi connectivity index (χ2v) is 12.7. The van der Waals surface area contributed by atoms with Crippen LogP contribution in [0.2, 0.25) is 5.02 Å². The molecule has 0 unspecified atom stereocenters. The second-order valence-electron chi connectivity index (χ2n) is 12.3. The van der Waals surface area contributed by atoms with E-state index in [2.05, 4.69) is 28.9 Å². The fraction of sp³-hybridized carbons (Fsp3) is 0.400. The van der Waals surface area contributed by atoms with Crippen LogP contribution in [0.3, 0.4) is 0 Å². The monoisotopic (exact) mass is 618 g/mol. The smallest absolute Gasteiger partial charge is 0.407 e. The van der Waals surface area contributed by atoms with Crippen LogP contribution in [-0.2, 0) is 9.53 Å². The van der Waals surface area contributed by atoms with Crippen molar-refractivity contribution in [2.75, 3.05) is 23.3 Å². The average molecular weight is 619 g/mol. The van der Waals surface area contributed by atoms with Crippen LogP contribution in [-0.4, -0.2) is 42.6 Å². The molecule has 1 heterocycles. The third kappa shape index (κ3) is 8.99. The zero-order valence-electron chi connectivity index (χ0n) is 26.2. The Kier molecular flexibility index (Phi) is 10.9. The number of hydrogen-bond donors (Lipinski definition) is 3. The number of carbonyl (C=O) groups excluding carboxylic acids is 3. The minimum absolute atomic E-state index is 0.00914. The van der Waals surface area contributed by atoms with E-state index in [-0.39, 0.29) is 23.9 Å². The molecule has 3 N–H and O–H groups in total. The van der Waals surface area contributed by atoms with E-state index in [1.807, 2.05) is 86.3 Å². The van der Waals surface area contributed by atoms with Gasteiger partial charge in [0.1, 0.15) is 5.60 Å². The van der Waals surface area contributed by atoms with Crippen molar-refractivity contribution in [3.63, 3.8) is 0 Å². The van der Waals surface area contributed by atoms with Crippen molar-refractivity contribution in [2.45, 2.75) is 78.0 Å². The predicted molar refractivity (Wildman–Crippen MR) is 177 cm³/mol. The van der Waals surface area contributed by atoms with Crippen LogP contribution in [0.1, 0.15) is 82.3 Å². The molecule has 3 amide bonds. The third-order valence-electron chi connectivity index (χ3n) is 7.49. The van der Waals surface area contributed by atoms with E-state index in [4.69, 9.17) is 16.3 Å². The van der Waals surface area contributed by atoms with Gasteiger partial charge in [0.2, 0.25) is 5.91 Å². The van der Waals surface area contributed by atoms with Crippen molar-refractivity contribution in [2.24, 2.45) is 0 Å². The van der Waals surface area contributed by atoms with E-state index in [0.717, 1.165) is 53.7 Å². The number of ether oxygens (including phenoxy) is 1. The first-order valence-corrected chi connectivity index (χ1v) is 15.6. The summed E-state index contributed by atoms with van der Waals surface area (Å²) in [6.07, 6.45) is 2.85. The first-order valence-electron chi connectivity index (χ1n) is 15.2.